The standard InChI is InChI=1S/C17H18Br2N2O.2BrH/c1-11-3-5-20-9-15(11)13(7-18)17(22)14(8-19)16-10-21-6-4-12(16)2;;/h3-6,9-10,13-14H,7-8H2,1-2H3;2*1H. The van der Waals surface area contributed by atoms with Gasteiger partial charge in [0.05, 0.1) is 11.8 Å². The smallest absolute Gasteiger partial charge is 0.149 e. The van der Waals surface area contributed by atoms with Crippen molar-refractivity contribution in [3.63, 3.8) is 0 Å². The molecule has 0 aromatic carbocycles. The molecule has 0 aliphatic carbocycles. The number of pyridine rings is 2. The number of aryl methyl sites for hydroxylation is 2. The Morgan fingerprint density at radius 2 is 1.29 bits per heavy atom. The van der Waals surface area contributed by atoms with Crippen LogP contribution < -0.4 is 0 Å². The van der Waals surface area contributed by atoms with E-state index in [0.717, 1.165) is 22.3 Å². The van der Waals surface area contributed by atoms with Crippen LogP contribution in [-0.2, 0) is 4.79 Å². The van der Waals surface area contributed by atoms with E-state index in [1.807, 2.05) is 26.0 Å². The number of nitrogens with zero attached hydrogens (tertiary/aromatic N) is 2. The summed E-state index contributed by atoms with van der Waals surface area (Å²) >= 11 is 6.99. The number of aromatic nitrogens is 2. The lowest BCUT2D eigenvalue weighted by Crippen LogP contribution is -2.24. The van der Waals surface area contributed by atoms with Gasteiger partial charge in [-0.05, 0) is 48.2 Å². The largest absolute Gasteiger partial charge is 0.298 e. The summed E-state index contributed by atoms with van der Waals surface area (Å²) in [6.07, 6.45) is 7.09. The van der Waals surface area contributed by atoms with E-state index in [1.54, 1.807) is 24.8 Å². The minimum atomic E-state index is -0.212. The first-order valence-electron chi connectivity index (χ1n) is 7.06. The van der Waals surface area contributed by atoms with Gasteiger partial charge < -0.3 is 0 Å². The number of rotatable bonds is 6. The number of carbonyl (C=O) groups excluding carboxylic acids is 1. The quantitative estimate of drug-likeness (QED) is 0.421. The van der Waals surface area contributed by atoms with Gasteiger partial charge >= 0.3 is 0 Å². The summed E-state index contributed by atoms with van der Waals surface area (Å²) in [6, 6.07) is 3.88. The van der Waals surface area contributed by atoms with Crippen LogP contribution in [0, 0.1) is 13.8 Å². The Morgan fingerprint density at radius 1 is 0.917 bits per heavy atom. The van der Waals surface area contributed by atoms with Crippen molar-refractivity contribution in [3.05, 3.63) is 59.2 Å². The Balaban J connectivity index is 0.00000264. The summed E-state index contributed by atoms with van der Waals surface area (Å²) in [7, 11) is 0. The molecule has 132 valence electrons. The van der Waals surface area contributed by atoms with Crippen LogP contribution in [-0.4, -0.2) is 26.4 Å². The molecule has 0 N–H and O–H groups in total. The molecule has 0 saturated heterocycles. The van der Waals surface area contributed by atoms with Crippen molar-refractivity contribution >= 4 is 71.6 Å². The van der Waals surface area contributed by atoms with Gasteiger partial charge in [-0.3, -0.25) is 14.8 Å². The van der Waals surface area contributed by atoms with Crippen molar-refractivity contribution in [2.45, 2.75) is 25.7 Å². The third-order valence-electron chi connectivity index (χ3n) is 3.91. The minimum absolute atomic E-state index is 0. The van der Waals surface area contributed by atoms with Gasteiger partial charge in [-0.1, -0.05) is 31.9 Å². The van der Waals surface area contributed by atoms with Crippen LogP contribution in [0.2, 0.25) is 0 Å². The van der Waals surface area contributed by atoms with Crippen LogP contribution in [0.25, 0.3) is 0 Å². The maximum absolute atomic E-state index is 13.1. The van der Waals surface area contributed by atoms with Gasteiger partial charge in [0.1, 0.15) is 5.78 Å². The maximum Gasteiger partial charge on any atom is 0.149 e. The molecular formula is C17H20Br4N2O. The molecule has 2 aromatic rings. The molecule has 0 aliphatic rings. The average Bonchev–Trinajstić information content (AvgIpc) is 2.52. The fourth-order valence-corrected chi connectivity index (χ4v) is 3.89. The lowest BCUT2D eigenvalue weighted by molar-refractivity contribution is -0.121. The molecule has 0 fully saturated rings. The normalized spacial score (nSPS) is 12.5. The number of ketones is 1. The molecule has 3 nitrogen and oxygen atoms in total. The first-order valence-corrected chi connectivity index (χ1v) is 9.31. The predicted octanol–water partition coefficient (Wildman–Crippen LogP) is 5.48. The van der Waals surface area contributed by atoms with E-state index < -0.39 is 0 Å². The Bertz CT molecular complexity index is 611. The summed E-state index contributed by atoms with van der Waals surface area (Å²) in [6.45, 7) is 4.02. The molecule has 2 unspecified atom stereocenters. The van der Waals surface area contributed by atoms with Crippen LogP contribution >= 0.6 is 65.8 Å². The van der Waals surface area contributed by atoms with E-state index in [2.05, 4.69) is 41.8 Å². The van der Waals surface area contributed by atoms with Gasteiger partial charge in [0.15, 0.2) is 0 Å². The second-order valence-corrected chi connectivity index (χ2v) is 6.58. The summed E-state index contributed by atoms with van der Waals surface area (Å²) in [5.41, 5.74) is 4.14. The van der Waals surface area contributed by atoms with Gasteiger partial charge in [0.2, 0.25) is 0 Å². The number of Topliss-reactive ketones (excluding diaryl/α,β-unsaturated/α-hetero) is 1. The minimum Gasteiger partial charge on any atom is -0.298 e. The summed E-state index contributed by atoms with van der Waals surface area (Å²) in [4.78, 5) is 21.4. The highest BCUT2D eigenvalue weighted by Crippen LogP contribution is 2.31. The monoisotopic (exact) mass is 584 g/mol. The number of carbonyl (C=O) groups is 1. The van der Waals surface area contributed by atoms with E-state index in [0.29, 0.717) is 10.7 Å². The Labute approximate surface area is 180 Å². The summed E-state index contributed by atoms with van der Waals surface area (Å²) in [5.74, 6) is -0.243. The van der Waals surface area contributed by atoms with E-state index >= 15 is 0 Å². The van der Waals surface area contributed by atoms with Gasteiger partial charge in [-0.15, -0.1) is 34.0 Å². The number of alkyl halides is 2. The van der Waals surface area contributed by atoms with Gasteiger partial charge in [0.25, 0.3) is 0 Å². The maximum atomic E-state index is 13.1. The zero-order valence-corrected chi connectivity index (χ0v) is 20.0. The molecular weight excluding hydrogens is 568 g/mol. The lowest BCUT2D eigenvalue weighted by Gasteiger charge is -2.22. The first kappa shape index (κ1) is 23.9. The molecule has 24 heavy (non-hydrogen) atoms. The Hall–Kier alpha value is -0.110. The van der Waals surface area contributed by atoms with Crippen LogP contribution in [0.15, 0.2) is 36.9 Å². The van der Waals surface area contributed by atoms with E-state index in [4.69, 9.17) is 0 Å². The topological polar surface area (TPSA) is 42.9 Å². The van der Waals surface area contributed by atoms with Crippen molar-refractivity contribution in [2.75, 3.05) is 10.7 Å². The molecule has 0 amide bonds. The molecule has 0 spiro atoms. The van der Waals surface area contributed by atoms with Crippen molar-refractivity contribution < 1.29 is 4.79 Å². The highest BCUT2D eigenvalue weighted by Gasteiger charge is 2.30. The number of hydrogen-bond acceptors (Lipinski definition) is 3. The molecule has 0 bridgehead atoms. The third-order valence-corrected chi connectivity index (χ3v) is 5.20. The molecule has 2 aromatic heterocycles. The summed E-state index contributed by atoms with van der Waals surface area (Å²) in [5, 5.41) is 1.17. The molecule has 0 aliphatic heterocycles. The van der Waals surface area contributed by atoms with Gasteiger partial charge in [-0.25, -0.2) is 0 Å². The van der Waals surface area contributed by atoms with Crippen LogP contribution in [0.1, 0.15) is 34.1 Å². The van der Waals surface area contributed by atoms with Crippen molar-refractivity contribution in [3.8, 4) is 0 Å². The molecule has 0 saturated carbocycles. The fraction of sp³-hybridized carbons (Fsp3) is 0.353. The molecule has 2 atom stereocenters. The average molecular weight is 588 g/mol. The van der Waals surface area contributed by atoms with Crippen molar-refractivity contribution in [2.24, 2.45) is 0 Å². The molecule has 0 radical (unpaired) electrons. The SMILES string of the molecule is Br.Br.Cc1ccncc1C(CBr)C(=O)C(CBr)c1cnccc1C. The lowest BCUT2D eigenvalue weighted by atomic mass is 9.84. The number of hydrogen-bond donors (Lipinski definition) is 0. The highest BCUT2D eigenvalue weighted by molar-refractivity contribution is 9.09. The Kier molecular flexibility index (Phi) is 11.4. The van der Waals surface area contributed by atoms with E-state index in [9.17, 15) is 4.79 Å². The molecule has 7 heteroatoms. The molecule has 2 heterocycles. The van der Waals surface area contributed by atoms with Crippen LogP contribution in [0.5, 0.6) is 0 Å². The second-order valence-electron chi connectivity index (χ2n) is 5.28. The van der Waals surface area contributed by atoms with Gasteiger partial charge in [-0.2, -0.15) is 0 Å². The Morgan fingerprint density at radius 3 is 1.58 bits per heavy atom. The zero-order valence-electron chi connectivity index (χ0n) is 13.4. The van der Waals surface area contributed by atoms with E-state index in [1.165, 1.54) is 0 Å². The number of halogens is 4. The second kappa shape index (κ2) is 11.5. The highest BCUT2D eigenvalue weighted by atomic mass is 79.9. The zero-order chi connectivity index (χ0) is 16.1. The van der Waals surface area contributed by atoms with Crippen LogP contribution in [0.4, 0.5) is 0 Å². The fourth-order valence-electron chi connectivity index (χ4n) is 2.55. The molecule has 2 rings (SSSR count). The van der Waals surface area contributed by atoms with Crippen molar-refractivity contribution in [1.29, 1.82) is 0 Å². The third kappa shape index (κ3) is 5.44. The van der Waals surface area contributed by atoms with Crippen LogP contribution in [0.3, 0.4) is 0 Å². The first-order chi connectivity index (χ1) is 10.6. The predicted molar refractivity (Wildman–Crippen MR) is 117 cm³/mol. The van der Waals surface area contributed by atoms with Gasteiger partial charge in [0, 0.05) is 35.4 Å². The summed E-state index contributed by atoms with van der Waals surface area (Å²) < 4.78 is 0. The van der Waals surface area contributed by atoms with E-state index in [-0.39, 0.29) is 51.6 Å². The van der Waals surface area contributed by atoms with Crippen molar-refractivity contribution in [1.82, 2.24) is 9.97 Å².